The molecule has 0 aliphatic carbocycles. The molecule has 2 aromatic heterocycles. The summed E-state index contributed by atoms with van der Waals surface area (Å²) in [7, 11) is 2.03. The highest BCUT2D eigenvalue weighted by Crippen LogP contribution is 2.33. The molecule has 4 rings (SSSR count). The molecule has 1 unspecified atom stereocenters. The van der Waals surface area contributed by atoms with Gasteiger partial charge >= 0.3 is 0 Å². The molecule has 1 atom stereocenters. The van der Waals surface area contributed by atoms with E-state index in [1.807, 2.05) is 11.9 Å². The van der Waals surface area contributed by atoms with Crippen LogP contribution in [0.25, 0.3) is 22.2 Å². The van der Waals surface area contributed by atoms with Crippen molar-refractivity contribution in [1.82, 2.24) is 24.8 Å². The first-order valence-corrected chi connectivity index (χ1v) is 9.98. The molecule has 3 N–H and O–H groups in total. The van der Waals surface area contributed by atoms with Crippen molar-refractivity contribution in [3.63, 3.8) is 0 Å². The lowest BCUT2D eigenvalue weighted by Crippen LogP contribution is -2.54. The van der Waals surface area contributed by atoms with Crippen molar-refractivity contribution in [3.05, 3.63) is 41.7 Å². The normalized spacial score (nSPS) is 16.7. The summed E-state index contributed by atoms with van der Waals surface area (Å²) < 4.78 is 14.3. The molecule has 30 heavy (non-hydrogen) atoms. The highest BCUT2D eigenvalue weighted by molar-refractivity contribution is 6.28. The number of benzene rings is 1. The number of halogens is 2. The molecule has 3 heterocycles. The highest BCUT2D eigenvalue weighted by Gasteiger charge is 2.28. The number of aromatic amines is 1. The third kappa shape index (κ3) is 4.01. The molecule has 0 spiro atoms. The fraction of sp³-hybridized carbons (Fsp3) is 0.350. The lowest BCUT2D eigenvalue weighted by Gasteiger charge is -2.36. The van der Waals surface area contributed by atoms with Gasteiger partial charge in [-0.05, 0) is 24.7 Å². The second kappa shape index (κ2) is 8.65. The number of hydrogen-bond donors (Lipinski definition) is 3. The number of rotatable bonds is 5. The van der Waals surface area contributed by atoms with Crippen LogP contribution in [0.2, 0.25) is 5.28 Å². The quantitative estimate of drug-likeness (QED) is 0.533. The Bertz CT molecular complexity index is 1070. The number of aromatic nitrogens is 3. The molecular weight excluding hydrogens is 411 g/mol. The summed E-state index contributed by atoms with van der Waals surface area (Å²) in [5, 5.41) is 13.3. The molecule has 10 heteroatoms. The number of aliphatic hydroxyl groups is 1. The van der Waals surface area contributed by atoms with Crippen LogP contribution in [0.5, 0.6) is 0 Å². The van der Waals surface area contributed by atoms with Crippen LogP contribution in [0.4, 0.5) is 10.1 Å². The minimum atomic E-state index is -0.637. The van der Waals surface area contributed by atoms with Gasteiger partial charge in [-0.15, -0.1) is 0 Å². The summed E-state index contributed by atoms with van der Waals surface area (Å²) in [4.78, 5) is 27.8. The molecular formula is C20H22ClFN6O2. The number of likely N-dealkylation sites (N-methyl/N-ethyl adjacent to an activating group) is 1. The average molecular weight is 433 g/mol. The van der Waals surface area contributed by atoms with Crippen LogP contribution in [0.3, 0.4) is 0 Å². The van der Waals surface area contributed by atoms with E-state index in [1.165, 1.54) is 0 Å². The van der Waals surface area contributed by atoms with Crippen LogP contribution in [0.1, 0.15) is 0 Å². The molecule has 0 radical (unpaired) electrons. The van der Waals surface area contributed by atoms with Gasteiger partial charge in [0.2, 0.25) is 11.2 Å². The van der Waals surface area contributed by atoms with Crippen LogP contribution in [-0.4, -0.2) is 81.6 Å². The molecule has 0 saturated carbocycles. The Labute approximate surface area is 177 Å². The molecule has 158 valence electrons. The van der Waals surface area contributed by atoms with E-state index in [2.05, 4.69) is 25.2 Å². The molecule has 0 bridgehead atoms. The lowest BCUT2D eigenvalue weighted by atomic mass is 10.1. The highest BCUT2D eigenvalue weighted by atomic mass is 35.5. The van der Waals surface area contributed by atoms with Crippen molar-refractivity contribution in [2.75, 3.05) is 45.2 Å². The lowest BCUT2D eigenvalue weighted by molar-refractivity contribution is -0.123. The number of aliphatic hydroxyl groups excluding tert-OH is 1. The molecule has 1 saturated heterocycles. The number of hydrogen-bond acceptors (Lipinski definition) is 6. The zero-order valence-electron chi connectivity index (χ0n) is 16.4. The van der Waals surface area contributed by atoms with Gasteiger partial charge in [-0.25, -0.2) is 14.4 Å². The van der Waals surface area contributed by atoms with Crippen molar-refractivity contribution >= 4 is 34.1 Å². The van der Waals surface area contributed by atoms with Crippen LogP contribution >= 0.6 is 11.6 Å². The Hall–Kier alpha value is -2.59. The Balaban J connectivity index is 1.61. The summed E-state index contributed by atoms with van der Waals surface area (Å²) in [6.07, 6.45) is 2.64. The maximum atomic E-state index is 14.3. The third-order valence-electron chi connectivity index (χ3n) is 5.40. The minimum absolute atomic E-state index is 0.0526. The van der Waals surface area contributed by atoms with Gasteiger partial charge in [0.1, 0.15) is 11.7 Å². The number of nitrogens with one attached hydrogen (secondary N) is 2. The molecule has 1 aliphatic rings. The largest absolute Gasteiger partial charge is 0.394 e. The van der Waals surface area contributed by atoms with Gasteiger partial charge in [-0.2, -0.15) is 0 Å². The van der Waals surface area contributed by atoms with Gasteiger partial charge in [0.15, 0.2) is 5.82 Å². The van der Waals surface area contributed by atoms with E-state index < -0.39 is 11.9 Å². The van der Waals surface area contributed by atoms with E-state index in [4.69, 9.17) is 11.6 Å². The summed E-state index contributed by atoms with van der Waals surface area (Å²) >= 11 is 5.83. The summed E-state index contributed by atoms with van der Waals surface area (Å²) in [5.74, 6) is -0.882. The van der Waals surface area contributed by atoms with Crippen molar-refractivity contribution in [3.8, 4) is 11.3 Å². The van der Waals surface area contributed by atoms with Crippen molar-refractivity contribution in [1.29, 1.82) is 0 Å². The van der Waals surface area contributed by atoms with Gasteiger partial charge in [-0.3, -0.25) is 9.69 Å². The van der Waals surface area contributed by atoms with Gasteiger partial charge in [-0.1, -0.05) is 12.1 Å². The standard InChI is InChI=1S/C20H22ClFN6O2/c1-27-5-7-28(8-6-27)16(11-29)19(30)25-15-4-2-3-12-13(9-23-18(12)15)17-14(22)10-24-20(21)26-17/h2-4,9-10,16,23,29H,5-8,11H2,1H3,(H,25,30). The molecule has 1 amide bonds. The first-order valence-electron chi connectivity index (χ1n) is 9.60. The molecule has 8 nitrogen and oxygen atoms in total. The Morgan fingerprint density at radius 2 is 2.13 bits per heavy atom. The number of carbonyl (C=O) groups is 1. The third-order valence-corrected chi connectivity index (χ3v) is 5.58. The number of H-pyrrole nitrogens is 1. The van der Waals surface area contributed by atoms with Crippen molar-refractivity contribution in [2.45, 2.75) is 6.04 Å². The van der Waals surface area contributed by atoms with E-state index in [0.29, 0.717) is 35.2 Å². The Morgan fingerprint density at radius 1 is 1.37 bits per heavy atom. The first-order chi connectivity index (χ1) is 14.5. The summed E-state index contributed by atoms with van der Waals surface area (Å²) in [5.41, 5.74) is 1.76. The average Bonchev–Trinajstić information content (AvgIpc) is 3.17. The van der Waals surface area contributed by atoms with E-state index in [0.717, 1.165) is 19.3 Å². The predicted molar refractivity (Wildman–Crippen MR) is 113 cm³/mol. The van der Waals surface area contributed by atoms with Crippen LogP contribution in [0.15, 0.2) is 30.6 Å². The Morgan fingerprint density at radius 3 is 2.87 bits per heavy atom. The molecule has 1 aromatic carbocycles. The van der Waals surface area contributed by atoms with E-state index in [1.54, 1.807) is 24.4 Å². The fourth-order valence-corrected chi connectivity index (χ4v) is 3.84. The second-order valence-corrected chi connectivity index (χ2v) is 7.63. The van der Waals surface area contributed by atoms with Gasteiger partial charge in [0.25, 0.3) is 0 Å². The van der Waals surface area contributed by atoms with Gasteiger partial charge in [0, 0.05) is 43.3 Å². The smallest absolute Gasteiger partial charge is 0.244 e. The predicted octanol–water partition coefficient (Wildman–Crippen LogP) is 1.96. The number of para-hydroxylation sites is 1. The maximum Gasteiger partial charge on any atom is 0.244 e. The zero-order chi connectivity index (χ0) is 21.3. The van der Waals surface area contributed by atoms with E-state index in [-0.39, 0.29) is 23.5 Å². The number of anilines is 1. The van der Waals surface area contributed by atoms with Crippen molar-refractivity contribution in [2.24, 2.45) is 0 Å². The topological polar surface area (TPSA) is 97.4 Å². The zero-order valence-corrected chi connectivity index (χ0v) is 17.2. The number of piperazine rings is 1. The monoisotopic (exact) mass is 432 g/mol. The number of amides is 1. The van der Waals surface area contributed by atoms with E-state index >= 15 is 0 Å². The maximum absolute atomic E-state index is 14.3. The first kappa shape index (κ1) is 20.7. The Kier molecular flexibility index (Phi) is 5.96. The summed E-state index contributed by atoms with van der Waals surface area (Å²) in [6, 6.07) is 4.68. The van der Waals surface area contributed by atoms with Crippen LogP contribution < -0.4 is 5.32 Å². The van der Waals surface area contributed by atoms with Crippen molar-refractivity contribution < 1.29 is 14.3 Å². The minimum Gasteiger partial charge on any atom is -0.394 e. The van der Waals surface area contributed by atoms with Gasteiger partial charge in [0.05, 0.1) is 24.0 Å². The SMILES string of the molecule is CN1CCN(C(CO)C(=O)Nc2cccc3c(-c4nc(Cl)ncc4F)c[nH]c23)CC1. The van der Waals surface area contributed by atoms with Crippen LogP contribution in [-0.2, 0) is 4.79 Å². The van der Waals surface area contributed by atoms with Gasteiger partial charge < -0.3 is 20.3 Å². The van der Waals surface area contributed by atoms with Crippen LogP contribution in [0, 0.1) is 5.82 Å². The summed E-state index contributed by atoms with van der Waals surface area (Å²) in [6.45, 7) is 2.82. The second-order valence-electron chi connectivity index (χ2n) is 7.29. The number of fused-ring (bicyclic) bond motifs is 1. The molecule has 1 fully saturated rings. The molecule has 1 aliphatic heterocycles. The number of nitrogens with zero attached hydrogens (tertiary/aromatic N) is 4. The molecule has 3 aromatic rings. The van der Waals surface area contributed by atoms with E-state index in [9.17, 15) is 14.3 Å². The fourth-order valence-electron chi connectivity index (χ4n) is 3.70. The number of carbonyl (C=O) groups excluding carboxylic acids is 1.